The molecule has 1 aliphatic carbocycles. The van der Waals surface area contributed by atoms with Gasteiger partial charge in [0, 0.05) is 12.2 Å². The lowest BCUT2D eigenvalue weighted by molar-refractivity contribution is 0.291. The predicted molar refractivity (Wildman–Crippen MR) is 52.3 cm³/mol. The van der Waals surface area contributed by atoms with Crippen molar-refractivity contribution in [3.63, 3.8) is 0 Å². The molecule has 1 fully saturated rings. The molecule has 0 radical (unpaired) electrons. The summed E-state index contributed by atoms with van der Waals surface area (Å²) in [7, 11) is 0. The second-order valence-corrected chi connectivity index (χ2v) is 3.94. The third-order valence-corrected chi connectivity index (χ3v) is 2.93. The molecule has 0 aliphatic heterocycles. The van der Waals surface area contributed by atoms with Gasteiger partial charge in [-0.25, -0.2) is 0 Å². The quantitative estimate of drug-likeness (QED) is 0.740. The van der Waals surface area contributed by atoms with Crippen molar-refractivity contribution in [3.8, 4) is 0 Å². The van der Waals surface area contributed by atoms with E-state index >= 15 is 0 Å². The maximum absolute atomic E-state index is 3.94. The zero-order valence-electron chi connectivity index (χ0n) is 8.09. The second kappa shape index (κ2) is 3.92. The van der Waals surface area contributed by atoms with E-state index in [4.69, 9.17) is 0 Å². The molecule has 13 heavy (non-hydrogen) atoms. The number of nitrogens with zero attached hydrogens (tertiary/aromatic N) is 1. The average Bonchev–Trinajstić information content (AvgIpc) is 2.52. The minimum Gasteiger partial charge on any atom is -0.309 e. The van der Waals surface area contributed by atoms with Crippen molar-refractivity contribution >= 4 is 0 Å². The number of hydrogen-bond acceptors (Lipinski definition) is 2. The van der Waals surface area contributed by atoms with Crippen LogP contribution in [0.1, 0.15) is 37.9 Å². The number of H-pyrrole nitrogens is 1. The van der Waals surface area contributed by atoms with Gasteiger partial charge in [-0.05, 0) is 38.3 Å². The molecule has 3 nitrogen and oxygen atoms in total. The van der Waals surface area contributed by atoms with E-state index < -0.39 is 0 Å². The normalized spacial score (nSPS) is 19.8. The standard InChI is InChI=1S/C10H17N3/c1-8(10-5-6-12-13-10)11-7-9-3-2-4-9/h5-6,8-9,11H,2-4,7H2,1H3,(H,12,13). The molecule has 1 unspecified atom stereocenters. The minimum atomic E-state index is 0.406. The molecule has 1 heterocycles. The van der Waals surface area contributed by atoms with Crippen LogP contribution in [0.2, 0.25) is 0 Å². The Balaban J connectivity index is 1.74. The fourth-order valence-electron chi connectivity index (χ4n) is 1.66. The largest absolute Gasteiger partial charge is 0.309 e. The van der Waals surface area contributed by atoms with Crippen molar-refractivity contribution < 1.29 is 0 Å². The van der Waals surface area contributed by atoms with Crippen molar-refractivity contribution in [2.45, 2.75) is 32.2 Å². The zero-order chi connectivity index (χ0) is 9.10. The highest BCUT2D eigenvalue weighted by molar-refractivity contribution is 5.02. The van der Waals surface area contributed by atoms with Gasteiger partial charge in [0.15, 0.2) is 0 Å². The first kappa shape index (κ1) is 8.75. The van der Waals surface area contributed by atoms with Crippen LogP contribution in [0.25, 0.3) is 0 Å². The van der Waals surface area contributed by atoms with Crippen molar-refractivity contribution in [2.24, 2.45) is 5.92 Å². The average molecular weight is 179 g/mol. The molecule has 1 aliphatic rings. The van der Waals surface area contributed by atoms with Gasteiger partial charge in [0.25, 0.3) is 0 Å². The number of aromatic amines is 1. The second-order valence-electron chi connectivity index (χ2n) is 3.94. The van der Waals surface area contributed by atoms with E-state index in [1.165, 1.54) is 25.0 Å². The SMILES string of the molecule is CC(NCC1CCC1)c1ccn[nH]1. The highest BCUT2D eigenvalue weighted by Gasteiger charge is 2.18. The highest BCUT2D eigenvalue weighted by Crippen LogP contribution is 2.25. The first-order valence-electron chi connectivity index (χ1n) is 5.09. The molecule has 0 amide bonds. The first-order valence-corrected chi connectivity index (χ1v) is 5.09. The Morgan fingerprint density at radius 3 is 3.08 bits per heavy atom. The van der Waals surface area contributed by atoms with Gasteiger partial charge >= 0.3 is 0 Å². The first-order chi connectivity index (χ1) is 6.36. The molecule has 2 N–H and O–H groups in total. The molecule has 1 aromatic rings. The summed E-state index contributed by atoms with van der Waals surface area (Å²) in [6.07, 6.45) is 6.03. The van der Waals surface area contributed by atoms with E-state index in [2.05, 4.69) is 22.4 Å². The van der Waals surface area contributed by atoms with Gasteiger partial charge in [-0.3, -0.25) is 5.10 Å². The molecule has 0 bridgehead atoms. The molecular formula is C10H17N3. The third kappa shape index (κ3) is 2.10. The van der Waals surface area contributed by atoms with Crippen molar-refractivity contribution in [1.82, 2.24) is 15.5 Å². The summed E-state index contributed by atoms with van der Waals surface area (Å²) in [5.74, 6) is 0.922. The highest BCUT2D eigenvalue weighted by atomic mass is 15.1. The van der Waals surface area contributed by atoms with E-state index in [-0.39, 0.29) is 0 Å². The molecule has 72 valence electrons. The summed E-state index contributed by atoms with van der Waals surface area (Å²) < 4.78 is 0. The van der Waals surface area contributed by atoms with Gasteiger partial charge in [0.2, 0.25) is 0 Å². The molecular weight excluding hydrogens is 162 g/mol. The summed E-state index contributed by atoms with van der Waals surface area (Å²) in [5.41, 5.74) is 1.18. The van der Waals surface area contributed by atoms with Gasteiger partial charge in [0.1, 0.15) is 0 Å². The smallest absolute Gasteiger partial charge is 0.0518 e. The van der Waals surface area contributed by atoms with Crippen LogP contribution in [0.4, 0.5) is 0 Å². The van der Waals surface area contributed by atoms with E-state index in [0.29, 0.717) is 6.04 Å². The molecule has 3 heteroatoms. The minimum absolute atomic E-state index is 0.406. The Morgan fingerprint density at radius 2 is 2.54 bits per heavy atom. The number of rotatable bonds is 4. The molecule has 1 saturated carbocycles. The zero-order valence-corrected chi connectivity index (χ0v) is 8.09. The molecule has 1 aromatic heterocycles. The molecule has 0 aromatic carbocycles. The Morgan fingerprint density at radius 1 is 1.69 bits per heavy atom. The van der Waals surface area contributed by atoms with Crippen LogP contribution in [0, 0.1) is 5.92 Å². The maximum Gasteiger partial charge on any atom is 0.0518 e. The molecule has 2 rings (SSSR count). The Kier molecular flexibility index (Phi) is 2.64. The van der Waals surface area contributed by atoms with Crippen LogP contribution in [-0.2, 0) is 0 Å². The lowest BCUT2D eigenvalue weighted by Gasteiger charge is -2.27. The van der Waals surface area contributed by atoms with Crippen molar-refractivity contribution in [2.75, 3.05) is 6.54 Å². The fraction of sp³-hybridized carbons (Fsp3) is 0.700. The number of aromatic nitrogens is 2. The van der Waals surface area contributed by atoms with E-state index in [0.717, 1.165) is 12.5 Å². The third-order valence-electron chi connectivity index (χ3n) is 2.93. The lowest BCUT2D eigenvalue weighted by atomic mass is 9.85. The number of hydrogen-bond donors (Lipinski definition) is 2. The summed E-state index contributed by atoms with van der Waals surface area (Å²) in [4.78, 5) is 0. The van der Waals surface area contributed by atoms with Crippen molar-refractivity contribution in [3.05, 3.63) is 18.0 Å². The summed E-state index contributed by atoms with van der Waals surface area (Å²) in [6, 6.07) is 2.43. The van der Waals surface area contributed by atoms with Crippen LogP contribution < -0.4 is 5.32 Å². The Bertz CT molecular complexity index is 239. The van der Waals surface area contributed by atoms with E-state index in [9.17, 15) is 0 Å². The van der Waals surface area contributed by atoms with E-state index in [1.807, 2.05) is 6.07 Å². The van der Waals surface area contributed by atoms with Crippen LogP contribution in [0.15, 0.2) is 12.3 Å². The van der Waals surface area contributed by atoms with Crippen LogP contribution >= 0.6 is 0 Å². The van der Waals surface area contributed by atoms with Gasteiger partial charge in [0.05, 0.1) is 5.69 Å². The summed E-state index contributed by atoms with van der Waals surface area (Å²) in [5, 5.41) is 10.4. The van der Waals surface area contributed by atoms with E-state index in [1.54, 1.807) is 6.20 Å². The number of nitrogens with one attached hydrogen (secondary N) is 2. The van der Waals surface area contributed by atoms with Gasteiger partial charge < -0.3 is 5.32 Å². The van der Waals surface area contributed by atoms with Gasteiger partial charge in [-0.15, -0.1) is 0 Å². The summed E-state index contributed by atoms with van der Waals surface area (Å²) >= 11 is 0. The van der Waals surface area contributed by atoms with Crippen LogP contribution in [0.3, 0.4) is 0 Å². The monoisotopic (exact) mass is 179 g/mol. The Labute approximate surface area is 78.9 Å². The topological polar surface area (TPSA) is 40.7 Å². The molecule has 1 atom stereocenters. The molecule has 0 saturated heterocycles. The van der Waals surface area contributed by atoms with Gasteiger partial charge in [-0.2, -0.15) is 5.10 Å². The Hall–Kier alpha value is -0.830. The predicted octanol–water partition coefficient (Wildman–Crippen LogP) is 1.86. The molecule has 0 spiro atoms. The van der Waals surface area contributed by atoms with Crippen LogP contribution in [0.5, 0.6) is 0 Å². The van der Waals surface area contributed by atoms with Gasteiger partial charge in [-0.1, -0.05) is 6.42 Å². The lowest BCUT2D eigenvalue weighted by Crippen LogP contribution is -2.29. The van der Waals surface area contributed by atoms with Crippen LogP contribution in [-0.4, -0.2) is 16.7 Å². The van der Waals surface area contributed by atoms with Crippen molar-refractivity contribution in [1.29, 1.82) is 0 Å². The summed E-state index contributed by atoms with van der Waals surface area (Å²) in [6.45, 7) is 3.33. The fourth-order valence-corrected chi connectivity index (χ4v) is 1.66. The maximum atomic E-state index is 3.94.